The summed E-state index contributed by atoms with van der Waals surface area (Å²) in [5.74, 6) is 0. The van der Waals surface area contributed by atoms with Gasteiger partial charge in [0.2, 0.25) is 0 Å². The van der Waals surface area contributed by atoms with E-state index < -0.39 is 0 Å². The molecule has 0 atom stereocenters. The van der Waals surface area contributed by atoms with Crippen LogP contribution in [0.3, 0.4) is 0 Å². The van der Waals surface area contributed by atoms with Gasteiger partial charge in [0.1, 0.15) is 0 Å². The van der Waals surface area contributed by atoms with Gasteiger partial charge in [-0.1, -0.05) is 32.6 Å². The van der Waals surface area contributed by atoms with Gasteiger partial charge in [-0.2, -0.15) is 0 Å². The minimum Gasteiger partial charge on any atom is -0.457 e. The van der Waals surface area contributed by atoms with Crippen LogP contribution in [-0.2, 0) is 9.53 Å². The summed E-state index contributed by atoms with van der Waals surface area (Å²) in [5.41, 5.74) is 0. The molecular weight excluding hydrogens is 190 g/mol. The van der Waals surface area contributed by atoms with Gasteiger partial charge in [0, 0.05) is 0 Å². The molecular formula is C12H24NO2. The highest BCUT2D eigenvalue weighted by Gasteiger charge is 1.91. The van der Waals surface area contributed by atoms with E-state index in [1.54, 1.807) is 0 Å². The van der Waals surface area contributed by atoms with E-state index in [4.69, 9.17) is 0 Å². The summed E-state index contributed by atoms with van der Waals surface area (Å²) in [6.07, 6.45) is 8.44. The van der Waals surface area contributed by atoms with Crippen molar-refractivity contribution in [3.63, 3.8) is 0 Å². The van der Waals surface area contributed by atoms with Crippen molar-refractivity contribution in [2.75, 3.05) is 19.7 Å². The number of nitrogens with one attached hydrogen (secondary N) is 1. The Bertz CT molecular complexity index is 129. The van der Waals surface area contributed by atoms with E-state index in [2.05, 4.69) is 17.0 Å². The Morgan fingerprint density at radius 2 is 1.67 bits per heavy atom. The van der Waals surface area contributed by atoms with Crippen molar-refractivity contribution in [1.82, 2.24) is 5.32 Å². The van der Waals surface area contributed by atoms with Crippen molar-refractivity contribution >= 4 is 6.47 Å². The highest BCUT2D eigenvalue weighted by atomic mass is 16.5. The Balaban J connectivity index is 2.83. The van der Waals surface area contributed by atoms with Crippen LogP contribution >= 0.6 is 0 Å². The van der Waals surface area contributed by atoms with Crippen molar-refractivity contribution < 1.29 is 9.53 Å². The molecule has 0 unspecified atom stereocenters. The van der Waals surface area contributed by atoms with Gasteiger partial charge in [-0.3, -0.25) is 0 Å². The third-order valence-corrected chi connectivity index (χ3v) is 2.37. The smallest absolute Gasteiger partial charge is 0.417 e. The minimum atomic E-state index is 0.521. The Morgan fingerprint density at radius 3 is 2.33 bits per heavy atom. The average molecular weight is 214 g/mol. The van der Waals surface area contributed by atoms with Gasteiger partial charge in [-0.05, 0) is 32.4 Å². The Kier molecular flexibility index (Phi) is 12.9. The van der Waals surface area contributed by atoms with Crippen LogP contribution in [0.1, 0.15) is 51.9 Å². The molecule has 0 rings (SSSR count). The molecule has 1 radical (unpaired) electrons. The molecule has 0 amide bonds. The minimum absolute atomic E-state index is 0.521. The fraction of sp³-hybridized carbons (Fsp3) is 0.917. The summed E-state index contributed by atoms with van der Waals surface area (Å²) < 4.78 is 4.48. The largest absolute Gasteiger partial charge is 0.457 e. The van der Waals surface area contributed by atoms with Crippen LogP contribution in [0.4, 0.5) is 0 Å². The topological polar surface area (TPSA) is 38.3 Å². The lowest BCUT2D eigenvalue weighted by molar-refractivity contribution is 0.268. The fourth-order valence-corrected chi connectivity index (χ4v) is 1.44. The number of carbonyl (C=O) groups excluding carboxylic acids is 1. The molecule has 89 valence electrons. The molecule has 0 aromatic heterocycles. The second-order valence-electron chi connectivity index (χ2n) is 3.80. The van der Waals surface area contributed by atoms with Crippen LogP contribution in [-0.4, -0.2) is 26.2 Å². The predicted molar refractivity (Wildman–Crippen MR) is 62.5 cm³/mol. The molecule has 0 aliphatic rings. The molecule has 0 saturated heterocycles. The second-order valence-corrected chi connectivity index (χ2v) is 3.80. The predicted octanol–water partition coefficient (Wildman–Crippen LogP) is 2.41. The molecule has 3 nitrogen and oxygen atoms in total. The molecule has 0 saturated carbocycles. The monoisotopic (exact) mass is 214 g/mol. The van der Waals surface area contributed by atoms with Gasteiger partial charge in [0.15, 0.2) is 0 Å². The SMILES string of the molecule is CCCCCNCCCCCCO[C]=O. The Morgan fingerprint density at radius 1 is 1.00 bits per heavy atom. The van der Waals surface area contributed by atoms with Crippen LogP contribution < -0.4 is 5.32 Å². The first kappa shape index (κ1) is 14.4. The molecule has 0 aromatic carbocycles. The van der Waals surface area contributed by atoms with Gasteiger partial charge >= 0.3 is 6.47 Å². The van der Waals surface area contributed by atoms with Crippen LogP contribution in [0.5, 0.6) is 0 Å². The molecule has 1 N–H and O–H groups in total. The van der Waals surface area contributed by atoms with Crippen molar-refractivity contribution in [2.24, 2.45) is 0 Å². The summed E-state index contributed by atoms with van der Waals surface area (Å²) in [6.45, 7) is 6.44. The van der Waals surface area contributed by atoms with Gasteiger partial charge in [-0.25, -0.2) is 4.79 Å². The molecule has 0 aromatic rings. The number of hydrogen-bond donors (Lipinski definition) is 1. The maximum absolute atomic E-state index is 9.71. The molecule has 0 aliphatic heterocycles. The lowest BCUT2D eigenvalue weighted by Gasteiger charge is -2.03. The lowest BCUT2D eigenvalue weighted by atomic mass is 10.2. The summed E-state index contributed by atoms with van der Waals surface area (Å²) in [6, 6.07) is 0. The molecule has 0 bridgehead atoms. The van der Waals surface area contributed by atoms with Gasteiger partial charge in [-0.15, -0.1) is 0 Å². The zero-order valence-corrected chi connectivity index (χ0v) is 9.89. The molecule has 0 spiro atoms. The van der Waals surface area contributed by atoms with Crippen molar-refractivity contribution in [3.05, 3.63) is 0 Å². The first-order valence-electron chi connectivity index (χ1n) is 6.11. The summed E-state index contributed by atoms with van der Waals surface area (Å²) in [5, 5.41) is 3.43. The number of rotatable bonds is 12. The van der Waals surface area contributed by atoms with E-state index in [0.29, 0.717) is 6.61 Å². The van der Waals surface area contributed by atoms with Crippen LogP contribution in [0.2, 0.25) is 0 Å². The van der Waals surface area contributed by atoms with E-state index in [1.165, 1.54) is 38.6 Å². The average Bonchev–Trinajstić information content (AvgIpc) is 2.26. The molecule has 0 heterocycles. The first-order chi connectivity index (χ1) is 7.41. The second kappa shape index (κ2) is 13.4. The first-order valence-corrected chi connectivity index (χ1v) is 6.11. The van der Waals surface area contributed by atoms with Gasteiger partial charge in [0.05, 0.1) is 6.61 Å². The van der Waals surface area contributed by atoms with E-state index in [9.17, 15) is 4.79 Å². The standard InChI is InChI=1S/C12H24NO2/c1-2-3-6-9-13-10-7-4-5-8-11-15-12-14/h13H,2-11H2,1H3. The van der Waals surface area contributed by atoms with Crippen LogP contribution in [0, 0.1) is 0 Å². The number of ether oxygens (including phenoxy) is 1. The Labute approximate surface area is 93.6 Å². The number of hydrogen-bond acceptors (Lipinski definition) is 3. The maximum atomic E-state index is 9.71. The van der Waals surface area contributed by atoms with Crippen molar-refractivity contribution in [1.29, 1.82) is 0 Å². The Hall–Kier alpha value is -0.570. The normalized spacial score (nSPS) is 10.2. The highest BCUT2D eigenvalue weighted by Crippen LogP contribution is 1.99. The third kappa shape index (κ3) is 13.4. The summed E-state index contributed by atoms with van der Waals surface area (Å²) in [4.78, 5) is 9.71. The quantitative estimate of drug-likeness (QED) is 0.507. The number of unbranched alkanes of at least 4 members (excludes halogenated alkanes) is 5. The van der Waals surface area contributed by atoms with Crippen molar-refractivity contribution in [2.45, 2.75) is 51.9 Å². The lowest BCUT2D eigenvalue weighted by Crippen LogP contribution is -2.16. The van der Waals surface area contributed by atoms with Gasteiger partial charge < -0.3 is 10.1 Å². The van der Waals surface area contributed by atoms with Crippen LogP contribution in [0.25, 0.3) is 0 Å². The van der Waals surface area contributed by atoms with Gasteiger partial charge in [0.25, 0.3) is 0 Å². The van der Waals surface area contributed by atoms with E-state index >= 15 is 0 Å². The van der Waals surface area contributed by atoms with E-state index in [0.717, 1.165) is 25.9 Å². The fourth-order valence-electron chi connectivity index (χ4n) is 1.44. The van der Waals surface area contributed by atoms with Crippen molar-refractivity contribution in [3.8, 4) is 0 Å². The molecule has 15 heavy (non-hydrogen) atoms. The maximum Gasteiger partial charge on any atom is 0.417 e. The zero-order chi connectivity index (χ0) is 11.2. The van der Waals surface area contributed by atoms with E-state index in [1.807, 2.05) is 0 Å². The summed E-state index contributed by atoms with van der Waals surface area (Å²) >= 11 is 0. The highest BCUT2D eigenvalue weighted by molar-refractivity contribution is 5.37. The zero-order valence-electron chi connectivity index (χ0n) is 9.89. The molecule has 0 fully saturated rings. The van der Waals surface area contributed by atoms with Crippen LogP contribution in [0.15, 0.2) is 0 Å². The van der Waals surface area contributed by atoms with E-state index in [-0.39, 0.29) is 0 Å². The third-order valence-electron chi connectivity index (χ3n) is 2.37. The molecule has 0 aliphatic carbocycles. The summed E-state index contributed by atoms with van der Waals surface area (Å²) in [7, 11) is 0. The molecule has 3 heteroatoms.